The van der Waals surface area contributed by atoms with Crippen molar-refractivity contribution in [2.75, 3.05) is 18.5 Å². The van der Waals surface area contributed by atoms with Gasteiger partial charge in [-0.15, -0.1) is 0 Å². The largest absolute Gasteiger partial charge is 0.394 e. The van der Waals surface area contributed by atoms with Crippen LogP contribution in [0.2, 0.25) is 0 Å². The zero-order valence-electron chi connectivity index (χ0n) is 16.7. The first-order valence-corrected chi connectivity index (χ1v) is 9.82. The number of rotatable bonds is 5. The molecule has 3 heterocycles. The van der Waals surface area contributed by atoms with E-state index < -0.39 is 0 Å². The van der Waals surface area contributed by atoms with Gasteiger partial charge in [0, 0.05) is 44.1 Å². The summed E-state index contributed by atoms with van der Waals surface area (Å²) in [4.78, 5) is 23.3. The molecule has 8 heteroatoms. The highest BCUT2D eigenvalue weighted by atomic mass is 16.3. The number of carbonyl (C=O) groups excluding carboxylic acids is 1. The lowest BCUT2D eigenvalue weighted by molar-refractivity contribution is 0.191. The van der Waals surface area contributed by atoms with Crippen molar-refractivity contribution >= 4 is 22.9 Å². The monoisotopic (exact) mass is 394 g/mol. The molecule has 8 nitrogen and oxygen atoms in total. The van der Waals surface area contributed by atoms with E-state index >= 15 is 0 Å². The molecule has 3 aromatic rings. The third-order valence-electron chi connectivity index (χ3n) is 5.28. The van der Waals surface area contributed by atoms with E-state index in [0.29, 0.717) is 25.6 Å². The number of nitrogens with one attached hydrogen (secondary N) is 2. The number of amides is 2. The molecule has 29 heavy (non-hydrogen) atoms. The molecule has 0 spiro atoms. The quantitative estimate of drug-likeness (QED) is 0.615. The molecule has 0 saturated carbocycles. The molecule has 4 rings (SSSR count). The minimum atomic E-state index is -0.127. The van der Waals surface area contributed by atoms with E-state index in [1.54, 1.807) is 11.1 Å². The maximum atomic E-state index is 12.7. The molecule has 1 aliphatic heterocycles. The molecule has 0 saturated heterocycles. The van der Waals surface area contributed by atoms with Crippen LogP contribution in [0.4, 0.5) is 10.7 Å². The number of hydrogen-bond acceptors (Lipinski definition) is 5. The van der Waals surface area contributed by atoms with Gasteiger partial charge in [-0.05, 0) is 42.0 Å². The van der Waals surface area contributed by atoms with Gasteiger partial charge in [0.05, 0.1) is 18.8 Å². The number of aliphatic hydroxyl groups is 1. The maximum Gasteiger partial charge on any atom is 0.318 e. The van der Waals surface area contributed by atoms with Crippen molar-refractivity contribution in [1.29, 1.82) is 0 Å². The lowest BCUT2D eigenvalue weighted by Crippen LogP contribution is -2.42. The van der Waals surface area contributed by atoms with Gasteiger partial charge >= 0.3 is 6.03 Å². The van der Waals surface area contributed by atoms with Crippen molar-refractivity contribution in [2.24, 2.45) is 7.05 Å². The number of benzene rings is 1. The van der Waals surface area contributed by atoms with Crippen LogP contribution in [-0.2, 0) is 26.6 Å². The first-order valence-electron chi connectivity index (χ1n) is 9.82. The van der Waals surface area contributed by atoms with Crippen LogP contribution in [0.3, 0.4) is 0 Å². The zero-order valence-corrected chi connectivity index (χ0v) is 16.7. The van der Waals surface area contributed by atoms with Crippen LogP contribution in [0, 0.1) is 0 Å². The first-order chi connectivity index (χ1) is 14.0. The summed E-state index contributed by atoms with van der Waals surface area (Å²) in [6.07, 6.45) is 4.57. The van der Waals surface area contributed by atoms with Crippen molar-refractivity contribution < 1.29 is 9.90 Å². The number of carbonyl (C=O) groups is 1. The number of urea groups is 1. The Morgan fingerprint density at radius 1 is 1.34 bits per heavy atom. The Balaban J connectivity index is 1.39. The fourth-order valence-corrected chi connectivity index (χ4v) is 3.52. The maximum absolute atomic E-state index is 12.7. The molecule has 1 atom stereocenters. The standard InChI is InChI=1S/C21H26N6O2/c1-14(13-28)24-20-22-11-17-6-8-27(12-18(17)25-20)21(29)23-10-15-3-4-16-5-7-26(2)19(16)9-15/h3-5,7,9,11,14,28H,6,8,10,12-13H2,1-2H3,(H,23,29)(H,22,24,25). The molecule has 3 N–H and O–H groups in total. The third-order valence-corrected chi connectivity index (χ3v) is 5.28. The van der Waals surface area contributed by atoms with Gasteiger partial charge in [-0.2, -0.15) is 0 Å². The number of nitrogens with zero attached hydrogens (tertiary/aromatic N) is 4. The number of anilines is 1. The fraction of sp³-hybridized carbons (Fsp3) is 0.381. The number of aryl methyl sites for hydroxylation is 1. The summed E-state index contributed by atoms with van der Waals surface area (Å²) in [7, 11) is 2.02. The second kappa shape index (κ2) is 8.08. The molecular formula is C21H26N6O2. The number of hydrogen-bond donors (Lipinski definition) is 3. The Hall–Kier alpha value is -3.13. The van der Waals surface area contributed by atoms with Crippen LogP contribution < -0.4 is 10.6 Å². The second-order valence-electron chi connectivity index (χ2n) is 7.54. The second-order valence-corrected chi connectivity index (χ2v) is 7.54. The van der Waals surface area contributed by atoms with E-state index in [4.69, 9.17) is 0 Å². The van der Waals surface area contributed by atoms with Crippen LogP contribution in [0.1, 0.15) is 23.7 Å². The summed E-state index contributed by atoms with van der Waals surface area (Å²) < 4.78 is 2.07. The van der Waals surface area contributed by atoms with Crippen molar-refractivity contribution in [2.45, 2.75) is 32.5 Å². The van der Waals surface area contributed by atoms with E-state index in [-0.39, 0.29) is 18.7 Å². The Labute approximate surface area is 169 Å². The Morgan fingerprint density at radius 2 is 2.21 bits per heavy atom. The highest BCUT2D eigenvalue weighted by molar-refractivity contribution is 5.81. The normalized spacial score (nSPS) is 14.5. The van der Waals surface area contributed by atoms with Gasteiger partial charge < -0.3 is 25.2 Å². The zero-order chi connectivity index (χ0) is 20.4. The minimum Gasteiger partial charge on any atom is -0.394 e. The van der Waals surface area contributed by atoms with Gasteiger partial charge in [-0.3, -0.25) is 0 Å². The van der Waals surface area contributed by atoms with E-state index in [0.717, 1.165) is 28.8 Å². The number of aromatic nitrogens is 3. The summed E-state index contributed by atoms with van der Waals surface area (Å²) in [6, 6.07) is 8.08. The molecule has 0 fully saturated rings. The molecule has 2 amide bonds. The predicted molar refractivity (Wildman–Crippen MR) is 111 cm³/mol. The average molecular weight is 394 g/mol. The van der Waals surface area contributed by atoms with Crippen LogP contribution in [0.5, 0.6) is 0 Å². The number of fused-ring (bicyclic) bond motifs is 2. The SMILES string of the molecule is CC(CO)Nc1ncc2c(n1)CN(C(=O)NCc1ccc3ccn(C)c3c1)CC2. The number of aliphatic hydroxyl groups excluding tert-OH is 1. The van der Waals surface area contributed by atoms with Gasteiger partial charge in [0.25, 0.3) is 0 Å². The van der Waals surface area contributed by atoms with Gasteiger partial charge in [0.15, 0.2) is 0 Å². The average Bonchev–Trinajstić information content (AvgIpc) is 3.11. The lowest BCUT2D eigenvalue weighted by atomic mass is 10.1. The summed E-state index contributed by atoms with van der Waals surface area (Å²) >= 11 is 0. The molecule has 1 unspecified atom stereocenters. The summed E-state index contributed by atoms with van der Waals surface area (Å²) in [5, 5.41) is 16.4. The van der Waals surface area contributed by atoms with Crippen molar-refractivity contribution in [1.82, 2.24) is 24.8 Å². The van der Waals surface area contributed by atoms with Crippen molar-refractivity contribution in [3.63, 3.8) is 0 Å². The van der Waals surface area contributed by atoms with E-state index in [2.05, 4.69) is 43.4 Å². The molecule has 1 aliphatic rings. The fourth-order valence-electron chi connectivity index (χ4n) is 3.52. The van der Waals surface area contributed by atoms with Crippen molar-refractivity contribution in [3.8, 4) is 0 Å². The Bertz CT molecular complexity index is 1030. The molecule has 0 bridgehead atoms. The van der Waals surface area contributed by atoms with E-state index in [1.807, 2.05) is 26.2 Å². The molecule has 2 aromatic heterocycles. The Kier molecular flexibility index (Phi) is 5.35. The minimum absolute atomic E-state index is 0.00350. The van der Waals surface area contributed by atoms with Gasteiger partial charge in [-0.25, -0.2) is 14.8 Å². The van der Waals surface area contributed by atoms with Gasteiger partial charge in [-0.1, -0.05) is 12.1 Å². The Morgan fingerprint density at radius 3 is 3.03 bits per heavy atom. The smallest absolute Gasteiger partial charge is 0.318 e. The van der Waals surface area contributed by atoms with Gasteiger partial charge in [0.2, 0.25) is 5.95 Å². The highest BCUT2D eigenvalue weighted by Gasteiger charge is 2.22. The summed E-state index contributed by atoms with van der Waals surface area (Å²) in [6.45, 7) is 3.42. The lowest BCUT2D eigenvalue weighted by Gasteiger charge is -2.28. The first kappa shape index (κ1) is 19.2. The van der Waals surface area contributed by atoms with E-state index in [9.17, 15) is 9.90 Å². The molecule has 0 radical (unpaired) electrons. The topological polar surface area (TPSA) is 95.3 Å². The predicted octanol–water partition coefficient (Wildman–Crippen LogP) is 2.03. The molecule has 1 aromatic carbocycles. The van der Waals surface area contributed by atoms with Crippen LogP contribution in [0.15, 0.2) is 36.7 Å². The highest BCUT2D eigenvalue weighted by Crippen LogP contribution is 2.19. The molecule has 0 aliphatic carbocycles. The van der Waals surface area contributed by atoms with E-state index in [1.165, 1.54) is 5.39 Å². The van der Waals surface area contributed by atoms with Crippen LogP contribution in [-0.4, -0.2) is 49.8 Å². The molecular weight excluding hydrogens is 368 g/mol. The van der Waals surface area contributed by atoms with Crippen LogP contribution >= 0.6 is 0 Å². The summed E-state index contributed by atoms with van der Waals surface area (Å²) in [5.74, 6) is 0.475. The molecule has 152 valence electrons. The van der Waals surface area contributed by atoms with Crippen LogP contribution in [0.25, 0.3) is 10.9 Å². The third kappa shape index (κ3) is 4.17. The summed E-state index contributed by atoms with van der Waals surface area (Å²) in [5.41, 5.74) is 4.12. The van der Waals surface area contributed by atoms with Crippen molar-refractivity contribution in [3.05, 3.63) is 53.5 Å². The van der Waals surface area contributed by atoms with Gasteiger partial charge in [0.1, 0.15) is 0 Å².